The standard InChI is InChI=1S/C15H18O4/c1-7-6-10(16)12-8(2)14(18)19-13(12)15(3)9(7)4-5-11(15)17/h4-5,7,9-10,12-13,16H,2,6H2,1,3H3/t7-,9+,10+,12-,13+,15+/m1/s1. The molecule has 4 nitrogen and oxygen atoms in total. The number of hydrogen-bond acceptors (Lipinski definition) is 4. The zero-order valence-electron chi connectivity index (χ0n) is 11.1. The summed E-state index contributed by atoms with van der Waals surface area (Å²) in [7, 11) is 0. The maximum Gasteiger partial charge on any atom is 0.334 e. The number of hydrogen-bond donors (Lipinski definition) is 1. The first-order chi connectivity index (χ1) is 8.87. The average Bonchev–Trinajstić information content (AvgIpc) is 2.78. The number of ether oxygens (including phenoxy) is 1. The second-order valence-corrected chi connectivity index (χ2v) is 6.19. The molecule has 1 N–H and O–H groups in total. The Kier molecular flexibility index (Phi) is 2.52. The molecule has 0 amide bonds. The highest BCUT2D eigenvalue weighted by Gasteiger charge is 2.61. The van der Waals surface area contributed by atoms with Crippen molar-refractivity contribution in [1.82, 2.24) is 0 Å². The van der Waals surface area contributed by atoms with Gasteiger partial charge in [-0.25, -0.2) is 4.79 Å². The van der Waals surface area contributed by atoms with Crippen LogP contribution in [0.4, 0.5) is 0 Å². The molecule has 6 atom stereocenters. The summed E-state index contributed by atoms with van der Waals surface area (Å²) in [5, 5.41) is 10.3. The number of esters is 1. The Labute approximate surface area is 112 Å². The molecule has 2 fully saturated rings. The topological polar surface area (TPSA) is 63.6 Å². The van der Waals surface area contributed by atoms with Crippen molar-refractivity contribution in [3.05, 3.63) is 24.3 Å². The Bertz CT molecular complexity index is 506. The van der Waals surface area contributed by atoms with Crippen LogP contribution < -0.4 is 0 Å². The van der Waals surface area contributed by atoms with E-state index < -0.39 is 29.5 Å². The molecule has 1 saturated heterocycles. The molecule has 0 unspecified atom stereocenters. The number of aliphatic hydroxyl groups is 1. The van der Waals surface area contributed by atoms with E-state index in [1.54, 1.807) is 6.08 Å². The van der Waals surface area contributed by atoms with Gasteiger partial charge in [0.25, 0.3) is 0 Å². The highest BCUT2D eigenvalue weighted by atomic mass is 16.6. The van der Waals surface area contributed by atoms with Crippen LogP contribution in [0.3, 0.4) is 0 Å². The molecule has 0 aromatic rings. The first-order valence-corrected chi connectivity index (χ1v) is 6.68. The van der Waals surface area contributed by atoms with E-state index >= 15 is 0 Å². The van der Waals surface area contributed by atoms with E-state index in [1.165, 1.54) is 0 Å². The lowest BCUT2D eigenvalue weighted by atomic mass is 9.68. The largest absolute Gasteiger partial charge is 0.457 e. The molecular formula is C15H18O4. The summed E-state index contributed by atoms with van der Waals surface area (Å²) in [5.41, 5.74) is -0.470. The van der Waals surface area contributed by atoms with Gasteiger partial charge < -0.3 is 9.84 Å². The zero-order valence-corrected chi connectivity index (χ0v) is 11.1. The van der Waals surface area contributed by atoms with Gasteiger partial charge in [0.05, 0.1) is 17.4 Å². The Morgan fingerprint density at radius 3 is 2.84 bits per heavy atom. The third kappa shape index (κ3) is 1.43. The average molecular weight is 262 g/mol. The lowest BCUT2D eigenvalue weighted by molar-refractivity contribution is -0.151. The number of allylic oxidation sites excluding steroid dienone is 2. The molecule has 3 rings (SSSR count). The van der Waals surface area contributed by atoms with Crippen molar-refractivity contribution in [2.75, 3.05) is 0 Å². The smallest absolute Gasteiger partial charge is 0.334 e. The van der Waals surface area contributed by atoms with Crippen molar-refractivity contribution in [3.63, 3.8) is 0 Å². The minimum absolute atomic E-state index is 0.00310. The van der Waals surface area contributed by atoms with Gasteiger partial charge >= 0.3 is 5.97 Å². The van der Waals surface area contributed by atoms with E-state index in [2.05, 4.69) is 6.58 Å². The van der Waals surface area contributed by atoms with Gasteiger partial charge in [0.15, 0.2) is 5.78 Å². The van der Waals surface area contributed by atoms with Crippen molar-refractivity contribution in [2.45, 2.75) is 32.5 Å². The Morgan fingerprint density at radius 2 is 2.16 bits per heavy atom. The van der Waals surface area contributed by atoms with E-state index in [0.717, 1.165) is 0 Å². The number of carbonyl (C=O) groups excluding carboxylic acids is 2. The summed E-state index contributed by atoms with van der Waals surface area (Å²) in [6, 6.07) is 0. The van der Waals surface area contributed by atoms with E-state index in [1.807, 2.05) is 19.9 Å². The molecule has 1 aliphatic heterocycles. The van der Waals surface area contributed by atoms with Gasteiger partial charge in [-0.15, -0.1) is 0 Å². The molecule has 3 aliphatic rings. The van der Waals surface area contributed by atoms with Crippen molar-refractivity contribution in [2.24, 2.45) is 23.2 Å². The normalized spacial score (nSPS) is 48.8. The molecular weight excluding hydrogens is 244 g/mol. The number of aliphatic hydroxyl groups excluding tert-OH is 1. The molecule has 2 aliphatic carbocycles. The van der Waals surface area contributed by atoms with Gasteiger partial charge in [-0.1, -0.05) is 19.6 Å². The van der Waals surface area contributed by atoms with Crippen LogP contribution in [0.15, 0.2) is 24.3 Å². The molecule has 0 bridgehead atoms. The maximum atomic E-state index is 12.3. The van der Waals surface area contributed by atoms with E-state index in [-0.39, 0.29) is 17.6 Å². The SMILES string of the molecule is C=C1C(=O)O[C@H]2[C@H]1[C@@H](O)C[C@@H](C)[C@@H]1C=CC(=O)[C@]12C. The van der Waals surface area contributed by atoms with Gasteiger partial charge in [-0.05, 0) is 31.3 Å². The van der Waals surface area contributed by atoms with Crippen LogP contribution in [0, 0.1) is 23.2 Å². The van der Waals surface area contributed by atoms with Crippen LogP contribution in [-0.2, 0) is 14.3 Å². The third-order valence-electron chi connectivity index (χ3n) is 5.13. The lowest BCUT2D eigenvalue weighted by Crippen LogP contribution is -2.46. The van der Waals surface area contributed by atoms with Gasteiger partial charge in [0.2, 0.25) is 0 Å². The fourth-order valence-corrected chi connectivity index (χ4v) is 4.03. The van der Waals surface area contributed by atoms with E-state index in [9.17, 15) is 14.7 Å². The summed E-state index contributed by atoms with van der Waals surface area (Å²) in [6.45, 7) is 7.61. The molecule has 1 saturated carbocycles. The van der Waals surface area contributed by atoms with Crippen molar-refractivity contribution in [3.8, 4) is 0 Å². The minimum Gasteiger partial charge on any atom is -0.457 e. The maximum absolute atomic E-state index is 12.3. The Hall–Kier alpha value is -1.42. The first kappa shape index (κ1) is 12.6. The fraction of sp³-hybridized carbons (Fsp3) is 0.600. The van der Waals surface area contributed by atoms with E-state index in [0.29, 0.717) is 12.0 Å². The molecule has 0 aromatic heterocycles. The third-order valence-corrected chi connectivity index (χ3v) is 5.13. The Balaban J connectivity index is 2.12. The minimum atomic E-state index is -0.767. The van der Waals surface area contributed by atoms with Crippen molar-refractivity contribution < 1.29 is 19.4 Å². The predicted molar refractivity (Wildman–Crippen MR) is 68.0 cm³/mol. The second-order valence-electron chi connectivity index (χ2n) is 6.19. The summed E-state index contributed by atoms with van der Waals surface area (Å²) in [4.78, 5) is 24.1. The van der Waals surface area contributed by atoms with Crippen LogP contribution in [0.25, 0.3) is 0 Å². The Morgan fingerprint density at radius 1 is 1.47 bits per heavy atom. The quantitative estimate of drug-likeness (QED) is 0.527. The predicted octanol–water partition coefficient (Wildman–Crippen LogP) is 1.25. The van der Waals surface area contributed by atoms with Gasteiger partial charge in [-0.2, -0.15) is 0 Å². The van der Waals surface area contributed by atoms with Gasteiger partial charge in [0.1, 0.15) is 6.10 Å². The van der Waals surface area contributed by atoms with Gasteiger partial charge in [-0.3, -0.25) is 4.79 Å². The van der Waals surface area contributed by atoms with Crippen LogP contribution in [0.2, 0.25) is 0 Å². The van der Waals surface area contributed by atoms with Crippen LogP contribution >= 0.6 is 0 Å². The van der Waals surface area contributed by atoms with Crippen molar-refractivity contribution >= 4 is 11.8 Å². The highest BCUT2D eigenvalue weighted by Crippen LogP contribution is 2.54. The highest BCUT2D eigenvalue weighted by molar-refractivity contribution is 6.00. The molecule has 0 spiro atoms. The monoisotopic (exact) mass is 262 g/mol. The fourth-order valence-electron chi connectivity index (χ4n) is 4.03. The van der Waals surface area contributed by atoms with Crippen LogP contribution in [0.5, 0.6) is 0 Å². The molecule has 19 heavy (non-hydrogen) atoms. The first-order valence-electron chi connectivity index (χ1n) is 6.68. The number of carbonyl (C=O) groups is 2. The summed E-state index contributed by atoms with van der Waals surface area (Å²) in [6.07, 6.45) is 2.76. The summed E-state index contributed by atoms with van der Waals surface area (Å²) >= 11 is 0. The molecule has 0 radical (unpaired) electrons. The molecule has 0 aromatic carbocycles. The van der Waals surface area contributed by atoms with Crippen molar-refractivity contribution in [1.29, 1.82) is 0 Å². The van der Waals surface area contributed by atoms with Gasteiger partial charge in [0, 0.05) is 5.57 Å². The second kappa shape index (κ2) is 3.79. The molecule has 4 heteroatoms. The summed E-state index contributed by atoms with van der Waals surface area (Å²) in [5.74, 6) is -0.795. The van der Waals surface area contributed by atoms with E-state index in [4.69, 9.17) is 4.74 Å². The van der Waals surface area contributed by atoms with Crippen LogP contribution in [-0.4, -0.2) is 29.1 Å². The molecule has 102 valence electrons. The number of ketones is 1. The lowest BCUT2D eigenvalue weighted by Gasteiger charge is -2.36. The molecule has 1 heterocycles. The zero-order chi connectivity index (χ0) is 13.9. The van der Waals surface area contributed by atoms with Crippen LogP contribution in [0.1, 0.15) is 20.3 Å². The number of fused-ring (bicyclic) bond motifs is 3. The number of rotatable bonds is 0. The summed E-state index contributed by atoms with van der Waals surface area (Å²) < 4.78 is 5.40.